The third kappa shape index (κ3) is 8.45. The summed E-state index contributed by atoms with van der Waals surface area (Å²) in [7, 11) is -0.580. The third-order valence-corrected chi connectivity index (χ3v) is 20.4. The van der Waals surface area contributed by atoms with E-state index in [4.69, 9.17) is 33.9 Å². The lowest BCUT2D eigenvalue weighted by Crippen LogP contribution is -2.57. The van der Waals surface area contributed by atoms with E-state index in [0.717, 1.165) is 48.6 Å². The van der Waals surface area contributed by atoms with E-state index in [2.05, 4.69) is 62.8 Å². The number of rotatable bonds is 11. The second-order valence-electron chi connectivity index (χ2n) is 20.1. The van der Waals surface area contributed by atoms with Gasteiger partial charge in [0.05, 0.1) is 23.0 Å². The van der Waals surface area contributed by atoms with Crippen molar-refractivity contribution in [3.05, 3.63) is 47.9 Å². The van der Waals surface area contributed by atoms with Crippen LogP contribution in [-0.2, 0) is 9.47 Å². The third-order valence-electron chi connectivity index (χ3n) is 14.1. The molecule has 11 nitrogen and oxygen atoms in total. The average molecular weight is 883 g/mol. The number of aromatic nitrogens is 3. The van der Waals surface area contributed by atoms with Gasteiger partial charge in [-0.15, -0.1) is 5.54 Å². The number of amides is 1. The molecular formula is C49H64F2N6O5Si. The highest BCUT2D eigenvalue weighted by Crippen LogP contribution is 2.44. The summed E-state index contributed by atoms with van der Waals surface area (Å²) in [4.78, 5) is 34.2. The van der Waals surface area contributed by atoms with E-state index in [0.29, 0.717) is 65.2 Å². The largest absolute Gasteiger partial charge is 0.468 e. The number of ether oxygens (including phenoxy) is 4. The van der Waals surface area contributed by atoms with Crippen LogP contribution in [0.3, 0.4) is 0 Å². The van der Waals surface area contributed by atoms with E-state index >= 15 is 4.39 Å². The molecule has 4 fully saturated rings. The van der Waals surface area contributed by atoms with Gasteiger partial charge in [0.15, 0.2) is 12.6 Å². The molecule has 0 spiro atoms. The molecule has 4 aliphatic heterocycles. The van der Waals surface area contributed by atoms with Crippen molar-refractivity contribution in [1.82, 2.24) is 24.8 Å². The molecule has 0 N–H and O–H groups in total. The molecule has 1 amide bonds. The van der Waals surface area contributed by atoms with Crippen LogP contribution >= 0.6 is 0 Å². The van der Waals surface area contributed by atoms with Gasteiger partial charge in [-0.25, -0.2) is 13.6 Å². The first-order valence-electron chi connectivity index (χ1n) is 22.8. The van der Waals surface area contributed by atoms with Crippen LogP contribution in [0, 0.1) is 17.3 Å². The molecule has 6 heterocycles. The van der Waals surface area contributed by atoms with Crippen LogP contribution in [0.4, 0.5) is 19.4 Å². The fourth-order valence-corrected chi connectivity index (χ4v) is 16.6. The smallest absolute Gasteiger partial charge is 0.410 e. The first kappa shape index (κ1) is 45.0. The Morgan fingerprint density at radius 1 is 1.00 bits per heavy atom. The number of hydrogen-bond acceptors (Lipinski definition) is 10. The first-order chi connectivity index (χ1) is 29.9. The topological polar surface area (TPSA) is 102 Å². The molecule has 63 heavy (non-hydrogen) atoms. The Balaban J connectivity index is 1.27. The number of piperazine rings is 1. The minimum absolute atomic E-state index is 0.00585. The highest BCUT2D eigenvalue weighted by molar-refractivity contribution is 6.90. The van der Waals surface area contributed by atoms with Gasteiger partial charge in [-0.1, -0.05) is 59.6 Å². The molecule has 2 aromatic heterocycles. The molecule has 0 saturated carbocycles. The number of nitrogens with zero attached hydrogens (tertiary/aromatic N) is 6. The van der Waals surface area contributed by atoms with Crippen LogP contribution in [0.15, 0.2) is 36.5 Å². The number of carbonyl (C=O) groups excluding carboxylic acids is 1. The zero-order valence-electron chi connectivity index (χ0n) is 38.7. The molecule has 0 aliphatic carbocycles. The van der Waals surface area contributed by atoms with Crippen LogP contribution in [0.25, 0.3) is 32.9 Å². The zero-order valence-corrected chi connectivity index (χ0v) is 39.7. The highest BCUT2D eigenvalue weighted by atomic mass is 28.3. The Morgan fingerprint density at radius 3 is 2.38 bits per heavy atom. The lowest BCUT2D eigenvalue weighted by molar-refractivity contribution is 0.0122. The number of methoxy groups -OCH3 is 1. The molecule has 2 bridgehead atoms. The first-order valence-corrected chi connectivity index (χ1v) is 25.0. The fourth-order valence-electron chi connectivity index (χ4n) is 11.4. The van der Waals surface area contributed by atoms with Gasteiger partial charge < -0.3 is 23.8 Å². The number of halogens is 2. The number of fused-ring (bicyclic) bond motifs is 5. The summed E-state index contributed by atoms with van der Waals surface area (Å²) in [6.07, 6.45) is 4.14. The number of carbonyl (C=O) groups is 1. The van der Waals surface area contributed by atoms with Crippen LogP contribution in [0.5, 0.6) is 11.8 Å². The quantitative estimate of drug-likeness (QED) is 0.0822. The van der Waals surface area contributed by atoms with Gasteiger partial charge in [0.2, 0.25) is 0 Å². The second-order valence-corrected chi connectivity index (χ2v) is 25.7. The average Bonchev–Trinajstić information content (AvgIpc) is 3.84. The molecule has 4 saturated heterocycles. The van der Waals surface area contributed by atoms with Crippen molar-refractivity contribution in [2.45, 2.75) is 140 Å². The molecule has 338 valence electrons. The van der Waals surface area contributed by atoms with Crippen molar-refractivity contribution < 1.29 is 32.5 Å². The van der Waals surface area contributed by atoms with Gasteiger partial charge in [0, 0.05) is 55.9 Å². The molecule has 8 rings (SSSR count). The molecule has 4 atom stereocenters. The van der Waals surface area contributed by atoms with Gasteiger partial charge in [-0.2, -0.15) is 9.97 Å². The van der Waals surface area contributed by atoms with Gasteiger partial charge in [-0.05, 0) is 93.2 Å². The van der Waals surface area contributed by atoms with Crippen molar-refractivity contribution in [3.63, 3.8) is 0 Å². The zero-order chi connectivity index (χ0) is 45.0. The maximum absolute atomic E-state index is 17.9. The Labute approximate surface area is 372 Å². The van der Waals surface area contributed by atoms with E-state index in [1.54, 1.807) is 19.4 Å². The highest BCUT2D eigenvalue weighted by Gasteiger charge is 2.50. The summed E-state index contributed by atoms with van der Waals surface area (Å²) in [6.45, 7) is 21.7. The predicted molar refractivity (Wildman–Crippen MR) is 246 cm³/mol. The molecule has 14 heteroatoms. The van der Waals surface area contributed by atoms with Crippen molar-refractivity contribution in [1.29, 1.82) is 0 Å². The van der Waals surface area contributed by atoms with Crippen LogP contribution < -0.4 is 14.4 Å². The van der Waals surface area contributed by atoms with E-state index in [1.807, 2.05) is 49.9 Å². The van der Waals surface area contributed by atoms with E-state index in [9.17, 15) is 9.18 Å². The normalized spacial score (nSPS) is 22.7. The Kier molecular flexibility index (Phi) is 12.4. The van der Waals surface area contributed by atoms with E-state index in [1.165, 1.54) is 0 Å². The van der Waals surface area contributed by atoms with E-state index in [-0.39, 0.29) is 48.8 Å². The van der Waals surface area contributed by atoms with Crippen LogP contribution in [0.2, 0.25) is 16.6 Å². The lowest BCUT2D eigenvalue weighted by Gasteiger charge is -2.42. The summed E-state index contributed by atoms with van der Waals surface area (Å²) in [6, 6.07) is 9.45. The Bertz CT molecular complexity index is 2400. The van der Waals surface area contributed by atoms with Gasteiger partial charge in [0.25, 0.3) is 0 Å². The summed E-state index contributed by atoms with van der Waals surface area (Å²) >= 11 is 0. The van der Waals surface area contributed by atoms with Crippen molar-refractivity contribution in [2.24, 2.45) is 0 Å². The van der Waals surface area contributed by atoms with E-state index < -0.39 is 31.2 Å². The molecule has 4 aromatic rings. The Morgan fingerprint density at radius 2 is 1.71 bits per heavy atom. The number of benzene rings is 2. The molecule has 4 aliphatic rings. The lowest BCUT2D eigenvalue weighted by atomic mass is 9.95. The van der Waals surface area contributed by atoms with Crippen LogP contribution in [0.1, 0.15) is 100.0 Å². The standard InChI is InChI=1S/C49H64F2N6O5Si/c1-30(2)63(31(3)4,32(5)6)20-17-33-13-11-14-34-21-38(61-29-59-10)22-39(41(33)34)43-42(51)44-40(24-52-43)45(54-46(53-44)60-28-49-18-12-19-56(49)25-35(50)23-49)55-26-36-15-16-37(27-55)57(36)47(58)62-48(7,8)9/h11,13-14,21-22,24,30-32,35-37H,12,15-16,18-19,23,25-29H2,1-10H3/t35-,36?,37?,49+/m1/s1. The number of alkyl halides is 1. The number of anilines is 1. The minimum atomic E-state index is -2.14. The molecule has 2 unspecified atom stereocenters. The second kappa shape index (κ2) is 17.4. The molecular weight excluding hydrogens is 819 g/mol. The van der Waals surface area contributed by atoms with Crippen molar-refractivity contribution in [2.75, 3.05) is 51.6 Å². The summed E-state index contributed by atoms with van der Waals surface area (Å²) in [5.41, 5.74) is 5.52. The maximum atomic E-state index is 17.9. The number of hydrogen-bond donors (Lipinski definition) is 0. The molecule has 2 aromatic carbocycles. The van der Waals surface area contributed by atoms with Crippen molar-refractivity contribution >= 4 is 41.7 Å². The van der Waals surface area contributed by atoms with Crippen LogP contribution in [-0.4, -0.2) is 115 Å². The SMILES string of the molecule is COCOc1cc(-c2ncc3c(N4CC5CCC(C4)N5C(=O)OC(C)(C)C)nc(OC[C@@]45CCCN4C[C@H](F)C5)nc3c2F)c2c(C#C[Si](C(C)C)(C(C)C)C(C)C)cccc2c1. The summed E-state index contributed by atoms with van der Waals surface area (Å²) in [5.74, 6) is 3.98. The monoisotopic (exact) mass is 882 g/mol. The molecule has 0 radical (unpaired) electrons. The van der Waals surface area contributed by atoms with Gasteiger partial charge in [-0.3, -0.25) is 14.8 Å². The summed E-state index contributed by atoms with van der Waals surface area (Å²) < 4.78 is 56.3. The van der Waals surface area contributed by atoms with Gasteiger partial charge in [0.1, 0.15) is 49.2 Å². The van der Waals surface area contributed by atoms with Crippen molar-refractivity contribution in [3.8, 4) is 34.5 Å². The maximum Gasteiger partial charge on any atom is 0.410 e. The van der Waals surface area contributed by atoms with Gasteiger partial charge >= 0.3 is 12.1 Å². The summed E-state index contributed by atoms with van der Waals surface area (Å²) in [5, 5.41) is 2.02. The Hall–Kier alpha value is -4.58. The number of pyridine rings is 1. The predicted octanol–water partition coefficient (Wildman–Crippen LogP) is 10.1. The minimum Gasteiger partial charge on any atom is -0.468 e. The fraction of sp³-hybridized carbons (Fsp3) is 0.592.